The van der Waals surface area contributed by atoms with Gasteiger partial charge in [-0.25, -0.2) is 0 Å². The Balaban J connectivity index is 2.40. The highest BCUT2D eigenvalue weighted by molar-refractivity contribution is 6.30. The zero-order valence-electron chi connectivity index (χ0n) is 14.2. The molecule has 1 atom stereocenters. The monoisotopic (exact) mass is 354 g/mol. The van der Waals surface area contributed by atoms with Crippen LogP contribution < -0.4 is 4.90 Å². The minimum Gasteiger partial charge on any atom is -0.315 e. The molecule has 0 bridgehead atoms. The summed E-state index contributed by atoms with van der Waals surface area (Å²) < 4.78 is 0. The number of anilines is 1. The fraction of sp³-hybridized carbons (Fsp3) is 0.200. The molecule has 0 saturated carbocycles. The van der Waals surface area contributed by atoms with Crippen molar-refractivity contribution in [3.05, 3.63) is 65.4 Å². The summed E-state index contributed by atoms with van der Waals surface area (Å²) in [4.78, 5) is 28.2. The Hall–Kier alpha value is -2.77. The van der Waals surface area contributed by atoms with Gasteiger partial charge < -0.3 is 9.80 Å². The molecular formula is C20H19ClN2O2. The van der Waals surface area contributed by atoms with Crippen LogP contribution in [0.4, 0.5) is 5.69 Å². The van der Waals surface area contributed by atoms with Crippen LogP contribution in [-0.2, 0) is 9.59 Å². The van der Waals surface area contributed by atoms with Gasteiger partial charge >= 0.3 is 0 Å². The maximum absolute atomic E-state index is 13.0. The summed E-state index contributed by atoms with van der Waals surface area (Å²) >= 11 is 6.01. The first kappa shape index (κ1) is 18.6. The van der Waals surface area contributed by atoms with E-state index in [-0.39, 0.29) is 18.4 Å². The van der Waals surface area contributed by atoms with E-state index < -0.39 is 5.92 Å². The average Bonchev–Trinajstić information content (AvgIpc) is 2.98. The molecule has 1 saturated heterocycles. The van der Waals surface area contributed by atoms with Crippen LogP contribution in [0, 0.1) is 18.3 Å². The summed E-state index contributed by atoms with van der Waals surface area (Å²) in [5.41, 5.74) is 1.97. The Morgan fingerprint density at radius 2 is 2.20 bits per heavy atom. The van der Waals surface area contributed by atoms with E-state index in [2.05, 4.69) is 12.5 Å². The molecule has 0 radical (unpaired) electrons. The van der Waals surface area contributed by atoms with Crippen LogP contribution in [0.25, 0.3) is 0 Å². The lowest BCUT2D eigenvalue weighted by molar-refractivity contribution is -0.124. The van der Waals surface area contributed by atoms with Gasteiger partial charge in [-0.1, -0.05) is 36.2 Å². The van der Waals surface area contributed by atoms with E-state index in [4.69, 9.17) is 18.0 Å². The van der Waals surface area contributed by atoms with E-state index in [1.165, 1.54) is 15.9 Å². The number of amides is 2. The average molecular weight is 355 g/mol. The summed E-state index contributed by atoms with van der Waals surface area (Å²) in [7, 11) is 1.68. The number of nitrogens with zero attached hydrogens (tertiary/aromatic N) is 2. The largest absolute Gasteiger partial charge is 0.315 e. The van der Waals surface area contributed by atoms with E-state index in [0.29, 0.717) is 22.0 Å². The lowest BCUT2D eigenvalue weighted by atomic mass is 9.98. The van der Waals surface area contributed by atoms with Crippen LogP contribution in [0.5, 0.6) is 0 Å². The van der Waals surface area contributed by atoms with Gasteiger partial charge in [-0.05, 0) is 42.8 Å². The minimum atomic E-state index is -0.546. The first-order valence-electron chi connectivity index (χ1n) is 7.74. The van der Waals surface area contributed by atoms with Gasteiger partial charge in [0.25, 0.3) is 0 Å². The topological polar surface area (TPSA) is 40.6 Å². The first-order chi connectivity index (χ1) is 11.9. The SMILES string of the molecule is C#C/C=C1\C(=C/C)N(C(=O)C=C)CC1C(=O)N(C)c1cccc(Cl)c1. The fourth-order valence-electron chi connectivity index (χ4n) is 2.88. The van der Waals surface area contributed by atoms with Crippen molar-refractivity contribution in [2.24, 2.45) is 5.92 Å². The van der Waals surface area contributed by atoms with E-state index in [9.17, 15) is 9.59 Å². The maximum atomic E-state index is 13.0. The fourth-order valence-corrected chi connectivity index (χ4v) is 3.06. The third kappa shape index (κ3) is 3.67. The van der Waals surface area contributed by atoms with Gasteiger partial charge in [0.1, 0.15) is 0 Å². The molecule has 4 nitrogen and oxygen atoms in total. The molecule has 2 rings (SSSR count). The third-order valence-corrected chi connectivity index (χ3v) is 4.34. The van der Waals surface area contributed by atoms with Gasteiger partial charge in [-0.2, -0.15) is 0 Å². The number of halogens is 1. The second-order valence-corrected chi connectivity index (χ2v) is 5.96. The van der Waals surface area contributed by atoms with Crippen LogP contribution in [-0.4, -0.2) is 30.3 Å². The van der Waals surface area contributed by atoms with Crippen LogP contribution in [0.2, 0.25) is 5.02 Å². The highest BCUT2D eigenvalue weighted by Crippen LogP contribution is 2.35. The smallest absolute Gasteiger partial charge is 0.250 e. The first-order valence-corrected chi connectivity index (χ1v) is 8.12. The second-order valence-electron chi connectivity index (χ2n) is 5.52. The molecule has 0 aromatic heterocycles. The Morgan fingerprint density at radius 1 is 1.48 bits per heavy atom. The number of rotatable bonds is 3. The molecular weight excluding hydrogens is 336 g/mol. The van der Waals surface area contributed by atoms with E-state index in [1.54, 1.807) is 50.4 Å². The maximum Gasteiger partial charge on any atom is 0.250 e. The summed E-state index contributed by atoms with van der Waals surface area (Å²) in [6.07, 6.45) is 9.97. The molecule has 1 unspecified atom stereocenters. The van der Waals surface area contributed by atoms with Crippen LogP contribution >= 0.6 is 11.6 Å². The Kier molecular flexibility index (Phi) is 5.84. The summed E-state index contributed by atoms with van der Waals surface area (Å²) in [5, 5.41) is 0.542. The van der Waals surface area contributed by atoms with Gasteiger partial charge in [-0.3, -0.25) is 9.59 Å². The van der Waals surface area contributed by atoms with Gasteiger partial charge in [0.05, 0.1) is 5.92 Å². The molecule has 1 fully saturated rings. The van der Waals surface area contributed by atoms with Crippen LogP contribution in [0.3, 0.4) is 0 Å². The predicted octanol–water partition coefficient (Wildman–Crippen LogP) is 3.41. The zero-order chi connectivity index (χ0) is 18.6. The van der Waals surface area contributed by atoms with Gasteiger partial charge in [0.15, 0.2) is 0 Å². The van der Waals surface area contributed by atoms with Crippen molar-refractivity contribution >= 4 is 29.1 Å². The van der Waals surface area contributed by atoms with Crippen LogP contribution in [0.15, 0.2) is 60.3 Å². The van der Waals surface area contributed by atoms with Crippen molar-refractivity contribution in [3.63, 3.8) is 0 Å². The quantitative estimate of drug-likeness (QED) is 0.616. The normalized spacial score (nSPS) is 19.8. The van der Waals surface area contributed by atoms with Crippen molar-refractivity contribution in [1.82, 2.24) is 4.90 Å². The Morgan fingerprint density at radius 3 is 2.76 bits per heavy atom. The number of carbonyl (C=O) groups is 2. The molecule has 1 aliphatic rings. The number of benzene rings is 1. The number of hydrogen-bond acceptors (Lipinski definition) is 2. The molecule has 1 aromatic carbocycles. The highest BCUT2D eigenvalue weighted by atomic mass is 35.5. The lowest BCUT2D eigenvalue weighted by Crippen LogP contribution is -2.35. The molecule has 0 N–H and O–H groups in total. The van der Waals surface area contributed by atoms with Gasteiger partial charge in [0.2, 0.25) is 11.8 Å². The molecule has 1 aliphatic heterocycles. The van der Waals surface area contributed by atoms with Crippen molar-refractivity contribution in [2.75, 3.05) is 18.5 Å². The van der Waals surface area contributed by atoms with E-state index in [0.717, 1.165) is 0 Å². The minimum absolute atomic E-state index is 0.164. The molecule has 0 spiro atoms. The Labute approximate surface area is 153 Å². The van der Waals surface area contributed by atoms with Crippen molar-refractivity contribution in [3.8, 4) is 12.3 Å². The zero-order valence-corrected chi connectivity index (χ0v) is 15.0. The van der Waals surface area contributed by atoms with Crippen LogP contribution in [0.1, 0.15) is 6.92 Å². The van der Waals surface area contributed by atoms with Gasteiger partial charge in [0, 0.05) is 30.0 Å². The summed E-state index contributed by atoms with van der Waals surface area (Å²) in [6.45, 7) is 5.55. The molecule has 128 valence electrons. The molecule has 5 heteroatoms. The van der Waals surface area contributed by atoms with Crippen molar-refractivity contribution in [1.29, 1.82) is 0 Å². The number of terminal acetylenes is 1. The third-order valence-electron chi connectivity index (χ3n) is 4.10. The van der Waals surface area contributed by atoms with E-state index >= 15 is 0 Å². The highest BCUT2D eigenvalue weighted by Gasteiger charge is 2.39. The number of carbonyl (C=O) groups excluding carboxylic acids is 2. The molecule has 0 aliphatic carbocycles. The second kappa shape index (κ2) is 7.87. The molecule has 1 heterocycles. The molecule has 1 aromatic rings. The number of hydrogen-bond donors (Lipinski definition) is 0. The Bertz CT molecular complexity index is 817. The standard InChI is InChI=1S/C20H19ClN2O2/c1-5-9-16-17(13-23(18(16)6-2)19(24)7-3)20(25)22(4)15-11-8-10-14(21)12-15/h1,6-12,17H,3,13H2,2,4H3/b16-9-,18-6+. The number of likely N-dealkylation sites (tertiary alicyclic amines) is 1. The molecule has 2 amide bonds. The van der Waals surface area contributed by atoms with E-state index in [1.807, 2.05) is 0 Å². The lowest BCUT2D eigenvalue weighted by Gasteiger charge is -2.21. The molecule has 25 heavy (non-hydrogen) atoms. The number of allylic oxidation sites excluding steroid dienone is 3. The summed E-state index contributed by atoms with van der Waals surface area (Å²) in [5.74, 6) is 1.49. The van der Waals surface area contributed by atoms with Gasteiger partial charge in [-0.15, -0.1) is 6.42 Å². The van der Waals surface area contributed by atoms with Crippen molar-refractivity contribution < 1.29 is 9.59 Å². The summed E-state index contributed by atoms with van der Waals surface area (Å²) in [6, 6.07) is 7.03. The predicted molar refractivity (Wildman–Crippen MR) is 101 cm³/mol. The van der Waals surface area contributed by atoms with Crippen molar-refractivity contribution in [2.45, 2.75) is 6.92 Å².